The average Bonchev–Trinajstić information content (AvgIpc) is 2.32. The summed E-state index contributed by atoms with van der Waals surface area (Å²) in [7, 11) is 0. The molecule has 2 atom stereocenters. The first-order chi connectivity index (χ1) is 8.47. The second kappa shape index (κ2) is 4.41. The van der Waals surface area contributed by atoms with Gasteiger partial charge in [-0.1, -0.05) is 13.0 Å². The number of alkyl halides is 3. The molecule has 1 aromatic rings. The van der Waals surface area contributed by atoms with E-state index in [-0.39, 0.29) is 11.5 Å². The molecule has 96 valence electrons. The summed E-state index contributed by atoms with van der Waals surface area (Å²) in [6, 6.07) is 6.19. The Morgan fingerprint density at radius 2 is 2.17 bits per heavy atom. The predicted molar refractivity (Wildman–Crippen MR) is 56.2 cm³/mol. The molecule has 1 aromatic carbocycles. The van der Waals surface area contributed by atoms with Crippen LogP contribution in [0.2, 0.25) is 0 Å². The summed E-state index contributed by atoms with van der Waals surface area (Å²) >= 11 is 0. The van der Waals surface area contributed by atoms with Crippen LogP contribution in [0, 0.1) is 11.3 Å². The molecular weight excluding hydrogens is 247 g/mol. The maximum Gasteiger partial charge on any atom is 0.468 e. The Balaban J connectivity index is 2.37. The Hall–Kier alpha value is -1.90. The molecule has 2 unspecified atom stereocenters. The highest BCUT2D eigenvalue weighted by Crippen LogP contribution is 2.41. The van der Waals surface area contributed by atoms with Crippen molar-refractivity contribution in [2.75, 3.05) is 0 Å². The molecule has 0 aromatic heterocycles. The monoisotopic (exact) mass is 257 g/mol. The predicted octanol–water partition coefficient (Wildman–Crippen LogP) is 3.36. The highest BCUT2D eigenvalue weighted by Gasteiger charge is 2.49. The van der Waals surface area contributed by atoms with E-state index in [0.717, 1.165) is 0 Å². The molecule has 18 heavy (non-hydrogen) atoms. The summed E-state index contributed by atoms with van der Waals surface area (Å²) in [6.07, 6.45) is -6.30. The van der Waals surface area contributed by atoms with Gasteiger partial charge < -0.3 is 9.47 Å². The molecule has 3 nitrogen and oxygen atoms in total. The third-order valence-electron chi connectivity index (χ3n) is 2.67. The zero-order chi connectivity index (χ0) is 13.3. The van der Waals surface area contributed by atoms with Crippen LogP contribution >= 0.6 is 0 Å². The Morgan fingerprint density at radius 3 is 2.78 bits per heavy atom. The third-order valence-corrected chi connectivity index (χ3v) is 2.67. The lowest BCUT2D eigenvalue weighted by Gasteiger charge is -2.28. The molecule has 0 saturated heterocycles. The maximum absolute atomic E-state index is 13.0. The molecule has 1 aliphatic heterocycles. The zero-order valence-electron chi connectivity index (χ0n) is 9.49. The highest BCUT2D eigenvalue weighted by molar-refractivity contribution is 5.46. The van der Waals surface area contributed by atoms with Gasteiger partial charge in [0.2, 0.25) is 0 Å². The first-order valence-corrected chi connectivity index (χ1v) is 5.39. The number of ether oxygens (including phenoxy) is 2. The summed E-state index contributed by atoms with van der Waals surface area (Å²) < 4.78 is 47.5. The normalized spacial score (nSPS) is 22.1. The summed E-state index contributed by atoms with van der Waals surface area (Å²) in [6.45, 7) is 1.80. The Labute approximate surface area is 102 Å². The van der Waals surface area contributed by atoms with Crippen LogP contribution < -0.4 is 9.47 Å². The molecule has 1 heterocycles. The van der Waals surface area contributed by atoms with E-state index >= 15 is 0 Å². The van der Waals surface area contributed by atoms with Gasteiger partial charge in [0.1, 0.15) is 0 Å². The molecule has 0 aliphatic carbocycles. The number of halogens is 3. The molecule has 6 heteroatoms. The number of nitriles is 1. The number of benzene rings is 1. The van der Waals surface area contributed by atoms with Crippen molar-refractivity contribution in [1.82, 2.24) is 0 Å². The number of fused-ring (bicyclic) bond motifs is 1. The molecule has 2 rings (SSSR count). The van der Waals surface area contributed by atoms with Crippen molar-refractivity contribution < 1.29 is 22.6 Å². The van der Waals surface area contributed by atoms with Gasteiger partial charge in [-0.3, -0.25) is 0 Å². The first-order valence-electron chi connectivity index (χ1n) is 5.39. The van der Waals surface area contributed by atoms with E-state index in [1.807, 2.05) is 6.07 Å². The zero-order valence-corrected chi connectivity index (χ0v) is 9.49. The molecule has 0 amide bonds. The van der Waals surface area contributed by atoms with Crippen molar-refractivity contribution in [1.29, 1.82) is 5.26 Å². The number of nitrogens with zero attached hydrogens (tertiary/aromatic N) is 1. The molecule has 0 spiro atoms. The fourth-order valence-corrected chi connectivity index (χ4v) is 1.69. The van der Waals surface area contributed by atoms with Crippen molar-refractivity contribution >= 4 is 0 Å². The molecular formula is C12H10F3NO2. The SMILES string of the molecule is CCC(C#N)c1ccc2c(c1)OC(F)(F)C(F)O2. The van der Waals surface area contributed by atoms with E-state index in [2.05, 4.69) is 9.47 Å². The molecule has 0 N–H and O–H groups in total. The second-order valence-electron chi connectivity index (χ2n) is 3.89. The molecule has 0 fully saturated rings. The van der Waals surface area contributed by atoms with Crippen molar-refractivity contribution in [3.05, 3.63) is 23.8 Å². The van der Waals surface area contributed by atoms with Gasteiger partial charge in [0.25, 0.3) is 0 Å². The van der Waals surface area contributed by atoms with Gasteiger partial charge in [-0.05, 0) is 24.1 Å². The van der Waals surface area contributed by atoms with Gasteiger partial charge in [-0.25, -0.2) is 0 Å². The Kier molecular flexibility index (Phi) is 3.07. The second-order valence-corrected chi connectivity index (χ2v) is 3.89. The van der Waals surface area contributed by atoms with Gasteiger partial charge >= 0.3 is 12.5 Å². The summed E-state index contributed by atoms with van der Waals surface area (Å²) in [5.41, 5.74) is 0.537. The Bertz CT molecular complexity index is 499. The van der Waals surface area contributed by atoms with Gasteiger partial charge in [0, 0.05) is 0 Å². The average molecular weight is 257 g/mol. The fourth-order valence-electron chi connectivity index (χ4n) is 1.69. The maximum atomic E-state index is 13.0. The van der Waals surface area contributed by atoms with Gasteiger partial charge in [-0.15, -0.1) is 0 Å². The van der Waals surface area contributed by atoms with E-state index in [0.29, 0.717) is 12.0 Å². The standard InChI is InChI=1S/C12H10F3NO2/c1-2-7(6-16)8-3-4-9-10(5-8)18-12(14,15)11(13)17-9/h3-5,7,11H,2H2,1H3. The van der Waals surface area contributed by atoms with Crippen LogP contribution in [-0.4, -0.2) is 12.5 Å². The molecule has 0 radical (unpaired) electrons. The minimum atomic E-state index is -4.01. The van der Waals surface area contributed by atoms with Gasteiger partial charge in [0.05, 0.1) is 12.0 Å². The fraction of sp³-hybridized carbons (Fsp3) is 0.417. The van der Waals surface area contributed by atoms with E-state index < -0.39 is 18.4 Å². The van der Waals surface area contributed by atoms with Crippen molar-refractivity contribution in [3.8, 4) is 17.6 Å². The minimum absolute atomic E-state index is 0.0926. The van der Waals surface area contributed by atoms with Crippen LogP contribution in [0.4, 0.5) is 13.2 Å². The lowest BCUT2D eigenvalue weighted by molar-refractivity contribution is -0.281. The third kappa shape index (κ3) is 2.08. The molecule has 0 bridgehead atoms. The summed E-state index contributed by atoms with van der Waals surface area (Å²) in [4.78, 5) is 0. The van der Waals surface area contributed by atoms with Crippen LogP contribution in [0.3, 0.4) is 0 Å². The summed E-state index contributed by atoms with van der Waals surface area (Å²) in [5.74, 6) is -0.763. The van der Waals surface area contributed by atoms with Crippen LogP contribution in [0.15, 0.2) is 18.2 Å². The quantitative estimate of drug-likeness (QED) is 0.815. The number of hydrogen-bond donors (Lipinski definition) is 0. The van der Waals surface area contributed by atoms with Crippen molar-refractivity contribution in [3.63, 3.8) is 0 Å². The lowest BCUT2D eigenvalue weighted by Crippen LogP contribution is -2.43. The first kappa shape index (κ1) is 12.6. The van der Waals surface area contributed by atoms with Crippen molar-refractivity contribution in [2.45, 2.75) is 31.7 Å². The van der Waals surface area contributed by atoms with Crippen LogP contribution in [0.25, 0.3) is 0 Å². The van der Waals surface area contributed by atoms with E-state index in [4.69, 9.17) is 5.26 Å². The smallest absolute Gasteiger partial charge is 0.447 e. The molecule has 0 saturated carbocycles. The largest absolute Gasteiger partial charge is 0.468 e. The van der Waals surface area contributed by atoms with Crippen molar-refractivity contribution in [2.24, 2.45) is 0 Å². The highest BCUT2D eigenvalue weighted by atomic mass is 19.3. The van der Waals surface area contributed by atoms with Crippen LogP contribution in [0.5, 0.6) is 11.5 Å². The van der Waals surface area contributed by atoms with E-state index in [9.17, 15) is 13.2 Å². The Morgan fingerprint density at radius 1 is 1.44 bits per heavy atom. The van der Waals surface area contributed by atoms with Crippen LogP contribution in [-0.2, 0) is 0 Å². The lowest BCUT2D eigenvalue weighted by atomic mass is 9.97. The minimum Gasteiger partial charge on any atom is -0.447 e. The summed E-state index contributed by atoms with van der Waals surface area (Å²) in [5, 5.41) is 8.90. The molecule has 1 aliphatic rings. The van der Waals surface area contributed by atoms with E-state index in [1.165, 1.54) is 18.2 Å². The number of hydrogen-bond acceptors (Lipinski definition) is 3. The van der Waals surface area contributed by atoms with Gasteiger partial charge in [-0.2, -0.15) is 18.4 Å². The van der Waals surface area contributed by atoms with Crippen LogP contribution in [0.1, 0.15) is 24.8 Å². The van der Waals surface area contributed by atoms with E-state index in [1.54, 1.807) is 6.92 Å². The topological polar surface area (TPSA) is 42.2 Å². The number of rotatable bonds is 2. The van der Waals surface area contributed by atoms with Gasteiger partial charge in [0.15, 0.2) is 11.5 Å².